The van der Waals surface area contributed by atoms with Crippen LogP contribution in [0.4, 0.5) is 10.5 Å². The molecule has 0 aromatic heterocycles. The van der Waals surface area contributed by atoms with E-state index in [4.69, 9.17) is 11.0 Å². The molecule has 7 nitrogen and oxygen atoms in total. The molecule has 1 aromatic rings. The molecule has 1 atom stereocenters. The molecule has 1 heterocycles. The summed E-state index contributed by atoms with van der Waals surface area (Å²) in [7, 11) is -4.36. The van der Waals surface area contributed by atoms with Gasteiger partial charge in [0.1, 0.15) is 5.25 Å². The Morgan fingerprint density at radius 1 is 1.53 bits per heavy atom. The Bertz CT molecular complexity index is 678. The van der Waals surface area contributed by atoms with Crippen LogP contribution in [0.15, 0.2) is 18.2 Å². The standard InChI is InChI=1S/C11H10N3O4S/c12-6-7-1-2-9-8(5-7)10(19(16,17)18)3-4-14(9)11(13)15/h1-3,5,10H,4H2,(H2,13,15)(H,16,17,18). The van der Waals surface area contributed by atoms with Crippen molar-refractivity contribution >= 4 is 21.8 Å². The van der Waals surface area contributed by atoms with Crippen LogP contribution < -0.4 is 10.6 Å². The highest BCUT2D eigenvalue weighted by Gasteiger charge is 2.35. The second-order valence-electron chi connectivity index (χ2n) is 4.01. The lowest BCUT2D eigenvalue weighted by Crippen LogP contribution is -2.41. The van der Waals surface area contributed by atoms with E-state index in [2.05, 4.69) is 0 Å². The molecule has 8 heteroatoms. The third kappa shape index (κ3) is 2.38. The van der Waals surface area contributed by atoms with E-state index in [-0.39, 0.29) is 23.4 Å². The van der Waals surface area contributed by atoms with E-state index in [0.717, 1.165) is 4.90 Å². The first-order valence-electron chi connectivity index (χ1n) is 5.25. The average Bonchev–Trinajstić information content (AvgIpc) is 2.35. The molecule has 1 aliphatic rings. The second-order valence-corrected chi connectivity index (χ2v) is 5.54. The molecule has 2 amide bonds. The van der Waals surface area contributed by atoms with Crippen molar-refractivity contribution in [3.63, 3.8) is 0 Å². The van der Waals surface area contributed by atoms with Gasteiger partial charge in [-0.2, -0.15) is 13.7 Å². The zero-order valence-electron chi connectivity index (χ0n) is 9.65. The van der Waals surface area contributed by atoms with E-state index in [0.29, 0.717) is 0 Å². The van der Waals surface area contributed by atoms with Crippen LogP contribution in [0.1, 0.15) is 16.4 Å². The van der Waals surface area contributed by atoms with Gasteiger partial charge < -0.3 is 5.73 Å². The summed E-state index contributed by atoms with van der Waals surface area (Å²) in [4.78, 5) is 12.4. The number of hydrogen-bond acceptors (Lipinski definition) is 4. The molecule has 1 radical (unpaired) electrons. The van der Waals surface area contributed by atoms with Crippen molar-refractivity contribution < 1.29 is 17.8 Å². The minimum Gasteiger partial charge on any atom is -0.351 e. The van der Waals surface area contributed by atoms with E-state index in [1.54, 1.807) is 0 Å². The van der Waals surface area contributed by atoms with Gasteiger partial charge in [-0.15, -0.1) is 0 Å². The molecular weight excluding hydrogens is 270 g/mol. The van der Waals surface area contributed by atoms with Crippen LogP contribution in [-0.4, -0.2) is 25.5 Å². The van der Waals surface area contributed by atoms with E-state index >= 15 is 0 Å². The van der Waals surface area contributed by atoms with Crippen LogP contribution >= 0.6 is 0 Å². The van der Waals surface area contributed by atoms with Gasteiger partial charge in [0, 0.05) is 13.0 Å². The SMILES string of the molecule is N#Cc1ccc2c(c1)C(S(=O)(=O)O)[CH]CN2C(N)=O. The smallest absolute Gasteiger partial charge is 0.319 e. The van der Waals surface area contributed by atoms with E-state index in [1.807, 2.05) is 6.07 Å². The third-order valence-electron chi connectivity index (χ3n) is 2.84. The summed E-state index contributed by atoms with van der Waals surface area (Å²) in [6.07, 6.45) is 1.25. The first-order valence-corrected chi connectivity index (χ1v) is 6.75. The maximum Gasteiger partial charge on any atom is 0.319 e. The first-order chi connectivity index (χ1) is 8.84. The lowest BCUT2D eigenvalue weighted by Gasteiger charge is -2.31. The summed E-state index contributed by atoms with van der Waals surface area (Å²) in [5.74, 6) is 0. The van der Waals surface area contributed by atoms with Gasteiger partial charge in [0.15, 0.2) is 0 Å². The number of nitrogens with two attached hydrogens (primary N) is 1. The maximum absolute atomic E-state index is 11.3. The number of primary amides is 1. The van der Waals surface area contributed by atoms with Gasteiger partial charge in [-0.05, 0) is 23.8 Å². The molecule has 0 saturated carbocycles. The number of benzene rings is 1. The maximum atomic E-state index is 11.3. The van der Waals surface area contributed by atoms with Gasteiger partial charge in [0.25, 0.3) is 10.1 Å². The van der Waals surface area contributed by atoms with Crippen molar-refractivity contribution in [2.24, 2.45) is 5.73 Å². The fourth-order valence-corrected chi connectivity index (χ4v) is 2.85. The molecule has 0 aliphatic carbocycles. The van der Waals surface area contributed by atoms with Crippen LogP contribution in [0.5, 0.6) is 0 Å². The number of anilines is 1. The van der Waals surface area contributed by atoms with Crippen LogP contribution in [0, 0.1) is 17.8 Å². The molecule has 19 heavy (non-hydrogen) atoms. The van der Waals surface area contributed by atoms with Crippen molar-refractivity contribution in [2.45, 2.75) is 5.25 Å². The van der Waals surface area contributed by atoms with E-state index in [9.17, 15) is 17.8 Å². The Kier molecular flexibility index (Phi) is 3.18. The Labute approximate surface area is 110 Å². The zero-order valence-corrected chi connectivity index (χ0v) is 10.5. The minimum atomic E-state index is -4.36. The van der Waals surface area contributed by atoms with Crippen LogP contribution in [0.2, 0.25) is 0 Å². The number of carbonyl (C=O) groups is 1. The van der Waals surface area contributed by atoms with Gasteiger partial charge in [0.2, 0.25) is 0 Å². The lowest BCUT2D eigenvalue weighted by atomic mass is 9.99. The molecule has 99 valence electrons. The lowest BCUT2D eigenvalue weighted by molar-refractivity contribution is 0.254. The Morgan fingerprint density at radius 2 is 2.21 bits per heavy atom. The largest absolute Gasteiger partial charge is 0.351 e. The number of hydrogen-bond donors (Lipinski definition) is 2. The molecule has 1 aromatic carbocycles. The molecule has 2 rings (SSSR count). The summed E-state index contributed by atoms with van der Waals surface area (Å²) >= 11 is 0. The number of nitrogens with zero attached hydrogens (tertiary/aromatic N) is 2. The number of fused-ring (bicyclic) bond motifs is 1. The van der Waals surface area contributed by atoms with Crippen LogP contribution in [0.3, 0.4) is 0 Å². The summed E-state index contributed by atoms with van der Waals surface area (Å²) in [5, 5.41) is 7.55. The monoisotopic (exact) mass is 280 g/mol. The Balaban J connectivity index is 2.64. The van der Waals surface area contributed by atoms with Gasteiger partial charge >= 0.3 is 6.03 Å². The fraction of sp³-hybridized carbons (Fsp3) is 0.182. The quantitative estimate of drug-likeness (QED) is 0.728. The number of rotatable bonds is 1. The predicted octanol–water partition coefficient (Wildman–Crippen LogP) is 0.590. The van der Waals surface area contributed by atoms with Crippen molar-refractivity contribution in [3.8, 4) is 6.07 Å². The van der Waals surface area contributed by atoms with E-state index < -0.39 is 21.4 Å². The molecule has 3 N–H and O–H groups in total. The molecular formula is C11H10N3O4S. The number of urea groups is 1. The molecule has 0 bridgehead atoms. The van der Waals surface area contributed by atoms with Crippen LogP contribution in [-0.2, 0) is 10.1 Å². The van der Waals surface area contributed by atoms with Gasteiger partial charge in [0.05, 0.1) is 17.3 Å². The van der Waals surface area contributed by atoms with Crippen molar-refractivity contribution in [1.82, 2.24) is 0 Å². The second kappa shape index (κ2) is 4.53. The van der Waals surface area contributed by atoms with Crippen molar-refractivity contribution in [2.75, 3.05) is 11.4 Å². The zero-order chi connectivity index (χ0) is 14.2. The molecule has 1 unspecified atom stereocenters. The molecule has 0 saturated heterocycles. The topological polar surface area (TPSA) is 124 Å². The Morgan fingerprint density at radius 3 is 2.74 bits per heavy atom. The van der Waals surface area contributed by atoms with Crippen molar-refractivity contribution in [3.05, 3.63) is 35.7 Å². The number of nitriles is 1. The van der Waals surface area contributed by atoms with Gasteiger partial charge in [-0.3, -0.25) is 9.45 Å². The Hall–Kier alpha value is -2.11. The third-order valence-corrected chi connectivity index (χ3v) is 3.93. The molecule has 0 fully saturated rings. The van der Waals surface area contributed by atoms with Gasteiger partial charge in [-0.1, -0.05) is 0 Å². The average molecular weight is 280 g/mol. The highest BCUT2D eigenvalue weighted by Crippen LogP contribution is 2.37. The summed E-state index contributed by atoms with van der Waals surface area (Å²) in [6, 6.07) is 5.33. The summed E-state index contributed by atoms with van der Waals surface area (Å²) in [6.45, 7) is -0.0291. The van der Waals surface area contributed by atoms with E-state index in [1.165, 1.54) is 24.6 Å². The normalized spacial score (nSPS) is 18.5. The van der Waals surface area contributed by atoms with Crippen LogP contribution in [0.25, 0.3) is 0 Å². The molecule has 1 aliphatic heterocycles. The number of amides is 2. The molecule has 0 spiro atoms. The fourth-order valence-electron chi connectivity index (χ4n) is 2.01. The predicted molar refractivity (Wildman–Crippen MR) is 66.7 cm³/mol. The highest BCUT2D eigenvalue weighted by atomic mass is 32.2. The minimum absolute atomic E-state index is 0.0291. The summed E-state index contributed by atoms with van der Waals surface area (Å²) < 4.78 is 31.9. The van der Waals surface area contributed by atoms with Gasteiger partial charge in [-0.25, -0.2) is 4.79 Å². The first kappa shape index (κ1) is 13.3. The number of carbonyl (C=O) groups excluding carboxylic acids is 1. The highest BCUT2D eigenvalue weighted by molar-refractivity contribution is 7.86. The van der Waals surface area contributed by atoms with Crippen molar-refractivity contribution in [1.29, 1.82) is 5.26 Å². The summed E-state index contributed by atoms with van der Waals surface area (Å²) in [5.41, 5.74) is 5.86.